The summed E-state index contributed by atoms with van der Waals surface area (Å²) in [6, 6.07) is 8.80. The van der Waals surface area contributed by atoms with Gasteiger partial charge in [-0.25, -0.2) is 4.98 Å². The van der Waals surface area contributed by atoms with Crippen LogP contribution in [0.1, 0.15) is 38.5 Å². The smallest absolute Gasteiger partial charge is 0.183 e. The molecule has 1 aliphatic heterocycles. The Morgan fingerprint density at radius 2 is 1.79 bits per heavy atom. The molecule has 0 amide bonds. The quantitative estimate of drug-likeness (QED) is 0.662. The fourth-order valence-electron chi connectivity index (χ4n) is 3.09. The lowest BCUT2D eigenvalue weighted by atomic mass is 10.1. The van der Waals surface area contributed by atoms with Gasteiger partial charge in [-0.3, -0.25) is 0 Å². The zero-order valence-corrected chi connectivity index (χ0v) is 15.0. The third kappa shape index (κ3) is 4.71. The number of hydrogen-bond donors (Lipinski definition) is 2. The summed E-state index contributed by atoms with van der Waals surface area (Å²) in [4.78, 5) is 7.15. The normalized spacial score (nSPS) is 14.3. The van der Waals surface area contributed by atoms with Crippen LogP contribution < -0.4 is 10.2 Å². The lowest BCUT2D eigenvalue weighted by Gasteiger charge is -2.17. The molecule has 3 rings (SSSR count). The molecule has 0 aliphatic carbocycles. The van der Waals surface area contributed by atoms with Crippen LogP contribution in [0.25, 0.3) is 11.3 Å². The van der Waals surface area contributed by atoms with Gasteiger partial charge in [-0.15, -0.1) is 11.3 Å². The van der Waals surface area contributed by atoms with E-state index in [0.29, 0.717) is 6.61 Å². The maximum atomic E-state index is 8.76. The number of nitrogens with one attached hydrogen (secondary N) is 1. The number of benzene rings is 1. The van der Waals surface area contributed by atoms with E-state index >= 15 is 0 Å². The van der Waals surface area contributed by atoms with E-state index in [0.717, 1.165) is 43.1 Å². The van der Waals surface area contributed by atoms with Gasteiger partial charge in [0.15, 0.2) is 5.13 Å². The topological polar surface area (TPSA) is 48.4 Å². The summed E-state index contributed by atoms with van der Waals surface area (Å²) >= 11 is 1.67. The van der Waals surface area contributed by atoms with Crippen LogP contribution >= 0.6 is 11.3 Å². The summed E-state index contributed by atoms with van der Waals surface area (Å²) in [6.45, 7) is 3.62. The van der Waals surface area contributed by atoms with Crippen molar-refractivity contribution >= 4 is 22.2 Å². The van der Waals surface area contributed by atoms with E-state index in [4.69, 9.17) is 10.1 Å². The van der Waals surface area contributed by atoms with Crippen LogP contribution in [0, 0.1) is 0 Å². The van der Waals surface area contributed by atoms with Crippen molar-refractivity contribution in [3.63, 3.8) is 0 Å². The van der Waals surface area contributed by atoms with Gasteiger partial charge in [0.25, 0.3) is 0 Å². The fraction of sp³-hybridized carbons (Fsp3) is 0.526. The third-order valence-corrected chi connectivity index (χ3v) is 5.30. The van der Waals surface area contributed by atoms with E-state index in [-0.39, 0.29) is 0 Å². The Morgan fingerprint density at radius 1 is 1.04 bits per heavy atom. The number of thiazole rings is 1. The molecular weight excluding hydrogens is 318 g/mol. The molecule has 2 heterocycles. The molecule has 1 aromatic heterocycles. The van der Waals surface area contributed by atoms with Gasteiger partial charge in [-0.1, -0.05) is 25.0 Å². The number of aromatic nitrogens is 1. The van der Waals surface area contributed by atoms with Gasteiger partial charge in [0.1, 0.15) is 0 Å². The monoisotopic (exact) mass is 345 g/mol. The molecule has 1 aromatic carbocycles. The average molecular weight is 346 g/mol. The molecule has 0 saturated carbocycles. The molecule has 2 N–H and O–H groups in total. The van der Waals surface area contributed by atoms with E-state index < -0.39 is 0 Å². The number of aliphatic hydroxyl groups is 1. The molecule has 0 atom stereocenters. The summed E-state index contributed by atoms with van der Waals surface area (Å²) in [5, 5.41) is 15.3. The second-order valence-electron chi connectivity index (χ2n) is 6.34. The Balaban J connectivity index is 1.49. The maximum Gasteiger partial charge on any atom is 0.183 e. The van der Waals surface area contributed by atoms with E-state index in [1.807, 2.05) is 0 Å². The van der Waals surface area contributed by atoms with Crippen LogP contribution in [0.3, 0.4) is 0 Å². The Morgan fingerprint density at radius 3 is 2.54 bits per heavy atom. The molecule has 0 radical (unpaired) electrons. The fourth-order valence-corrected chi connectivity index (χ4v) is 3.84. The highest BCUT2D eigenvalue weighted by Crippen LogP contribution is 2.28. The first-order valence-corrected chi connectivity index (χ1v) is 9.90. The van der Waals surface area contributed by atoms with E-state index in [9.17, 15) is 0 Å². The van der Waals surface area contributed by atoms with Crippen molar-refractivity contribution in [2.45, 2.75) is 38.5 Å². The van der Waals surface area contributed by atoms with Crippen molar-refractivity contribution in [3.05, 3.63) is 29.6 Å². The number of unbranched alkanes of at least 4 members (excludes halogenated alkanes) is 3. The molecule has 5 heteroatoms. The van der Waals surface area contributed by atoms with Crippen molar-refractivity contribution in [3.8, 4) is 11.3 Å². The first kappa shape index (κ1) is 17.2. The largest absolute Gasteiger partial charge is 0.396 e. The highest BCUT2D eigenvalue weighted by molar-refractivity contribution is 7.14. The molecule has 1 fully saturated rings. The lowest BCUT2D eigenvalue weighted by molar-refractivity contribution is 0.283. The van der Waals surface area contributed by atoms with Crippen LogP contribution in [0.5, 0.6) is 0 Å². The first-order chi connectivity index (χ1) is 11.9. The molecule has 2 aromatic rings. The molecule has 0 spiro atoms. The second-order valence-corrected chi connectivity index (χ2v) is 7.20. The van der Waals surface area contributed by atoms with Crippen molar-refractivity contribution in [2.75, 3.05) is 36.5 Å². The number of aliphatic hydroxyl groups excluding tert-OH is 1. The molecule has 1 aliphatic rings. The number of anilines is 2. The van der Waals surface area contributed by atoms with Gasteiger partial charge in [-0.05, 0) is 37.8 Å². The zero-order valence-electron chi connectivity index (χ0n) is 14.2. The SMILES string of the molecule is OCCCCCCNc1nc(-c2ccc(N3CCCC3)cc2)cs1. The summed E-state index contributed by atoms with van der Waals surface area (Å²) in [7, 11) is 0. The summed E-state index contributed by atoms with van der Waals surface area (Å²) in [5.74, 6) is 0. The van der Waals surface area contributed by atoms with Crippen molar-refractivity contribution in [1.82, 2.24) is 4.98 Å². The van der Waals surface area contributed by atoms with Crippen LogP contribution in [-0.4, -0.2) is 36.3 Å². The van der Waals surface area contributed by atoms with Crippen molar-refractivity contribution in [1.29, 1.82) is 0 Å². The first-order valence-electron chi connectivity index (χ1n) is 9.02. The molecule has 130 valence electrons. The van der Waals surface area contributed by atoms with Gasteiger partial charge in [-0.2, -0.15) is 0 Å². The molecule has 0 bridgehead atoms. The minimum absolute atomic E-state index is 0.305. The predicted octanol–water partition coefficient (Wildman–Crippen LogP) is 4.37. The van der Waals surface area contributed by atoms with Gasteiger partial charge in [0, 0.05) is 42.9 Å². The van der Waals surface area contributed by atoms with Gasteiger partial charge < -0.3 is 15.3 Å². The predicted molar refractivity (Wildman–Crippen MR) is 103 cm³/mol. The number of hydrogen-bond acceptors (Lipinski definition) is 5. The minimum atomic E-state index is 0.305. The standard InChI is InChI=1S/C19H27N3OS/c23-14-6-2-1-3-11-20-19-21-18(15-24-19)16-7-9-17(10-8-16)22-12-4-5-13-22/h7-10,15,23H,1-6,11-14H2,(H,20,21). The number of rotatable bonds is 9. The zero-order chi connectivity index (χ0) is 16.6. The molecule has 4 nitrogen and oxygen atoms in total. The number of nitrogens with zero attached hydrogens (tertiary/aromatic N) is 2. The highest BCUT2D eigenvalue weighted by atomic mass is 32.1. The van der Waals surface area contributed by atoms with Crippen LogP contribution in [0.2, 0.25) is 0 Å². The Hall–Kier alpha value is -1.59. The molecule has 0 unspecified atom stereocenters. The maximum absolute atomic E-state index is 8.76. The summed E-state index contributed by atoms with van der Waals surface area (Å²) < 4.78 is 0. The summed E-state index contributed by atoms with van der Waals surface area (Å²) in [6.07, 6.45) is 6.91. The lowest BCUT2D eigenvalue weighted by Crippen LogP contribution is -2.17. The van der Waals surface area contributed by atoms with Gasteiger partial charge in [0.05, 0.1) is 5.69 Å². The van der Waals surface area contributed by atoms with Crippen molar-refractivity contribution < 1.29 is 5.11 Å². The Kier molecular flexibility index (Phi) is 6.49. The van der Waals surface area contributed by atoms with E-state index in [2.05, 4.69) is 39.9 Å². The Labute approximate surface area is 148 Å². The average Bonchev–Trinajstić information content (AvgIpc) is 3.30. The molecule has 1 saturated heterocycles. The van der Waals surface area contributed by atoms with Gasteiger partial charge >= 0.3 is 0 Å². The van der Waals surface area contributed by atoms with E-state index in [1.54, 1.807) is 11.3 Å². The third-order valence-electron chi connectivity index (χ3n) is 4.50. The molecular formula is C19H27N3OS. The highest BCUT2D eigenvalue weighted by Gasteiger charge is 2.12. The Bertz CT molecular complexity index is 605. The minimum Gasteiger partial charge on any atom is -0.396 e. The van der Waals surface area contributed by atoms with E-state index in [1.165, 1.54) is 37.2 Å². The van der Waals surface area contributed by atoms with Crippen LogP contribution in [0.15, 0.2) is 29.6 Å². The second kappa shape index (κ2) is 9.04. The van der Waals surface area contributed by atoms with Crippen LogP contribution in [0.4, 0.5) is 10.8 Å². The van der Waals surface area contributed by atoms with Gasteiger partial charge in [0.2, 0.25) is 0 Å². The molecule has 24 heavy (non-hydrogen) atoms. The summed E-state index contributed by atoms with van der Waals surface area (Å²) in [5.41, 5.74) is 3.56. The van der Waals surface area contributed by atoms with Crippen LogP contribution in [-0.2, 0) is 0 Å². The van der Waals surface area contributed by atoms with Crippen molar-refractivity contribution in [2.24, 2.45) is 0 Å².